The summed E-state index contributed by atoms with van der Waals surface area (Å²) in [6.07, 6.45) is 4.92. The van der Waals surface area contributed by atoms with E-state index in [1.54, 1.807) is 4.52 Å². The van der Waals surface area contributed by atoms with Gasteiger partial charge in [0.15, 0.2) is 0 Å². The van der Waals surface area contributed by atoms with Crippen molar-refractivity contribution >= 4 is 21.4 Å². The summed E-state index contributed by atoms with van der Waals surface area (Å²) in [7, 11) is 0. The molecule has 6 heteroatoms. The number of hydrogen-bond donors (Lipinski definition) is 2. The third kappa shape index (κ3) is 2.59. The van der Waals surface area contributed by atoms with Gasteiger partial charge in [0.1, 0.15) is 0 Å². The molecule has 1 unspecified atom stereocenters. The van der Waals surface area contributed by atoms with E-state index in [4.69, 9.17) is 0 Å². The lowest BCUT2D eigenvalue weighted by Gasteiger charge is -2.36. The van der Waals surface area contributed by atoms with Gasteiger partial charge in [0.25, 0.3) is 0 Å². The molecule has 1 aliphatic carbocycles. The van der Waals surface area contributed by atoms with E-state index in [0.717, 1.165) is 40.6 Å². The Kier molecular flexibility index (Phi) is 3.62. The number of aliphatic hydroxyl groups is 1. The van der Waals surface area contributed by atoms with Crippen LogP contribution in [0.4, 0.5) is 5.13 Å². The van der Waals surface area contributed by atoms with Crippen LogP contribution in [0.5, 0.6) is 0 Å². The van der Waals surface area contributed by atoms with Crippen LogP contribution in [0.2, 0.25) is 0 Å². The fourth-order valence-corrected chi connectivity index (χ4v) is 4.24. The highest BCUT2D eigenvalue weighted by Crippen LogP contribution is 2.45. The van der Waals surface area contributed by atoms with Gasteiger partial charge in [-0.25, -0.2) is 9.50 Å². The molecular formula is C18H22N4OS. The largest absolute Gasteiger partial charge is 0.387 e. The van der Waals surface area contributed by atoms with Crippen LogP contribution in [0.25, 0.3) is 16.2 Å². The number of fused-ring (bicyclic) bond motifs is 1. The highest BCUT2D eigenvalue weighted by atomic mass is 32.1. The number of aromatic nitrogens is 3. The zero-order valence-corrected chi connectivity index (χ0v) is 14.8. The summed E-state index contributed by atoms with van der Waals surface area (Å²) < 4.78 is 1.80. The minimum Gasteiger partial charge on any atom is -0.387 e. The van der Waals surface area contributed by atoms with E-state index in [2.05, 4.69) is 29.2 Å². The van der Waals surface area contributed by atoms with Crippen LogP contribution in [0.15, 0.2) is 36.5 Å². The molecule has 0 radical (unpaired) electrons. The Labute approximate surface area is 145 Å². The van der Waals surface area contributed by atoms with E-state index in [9.17, 15) is 5.11 Å². The molecule has 0 saturated heterocycles. The van der Waals surface area contributed by atoms with Crippen LogP contribution in [-0.4, -0.2) is 31.9 Å². The van der Waals surface area contributed by atoms with Gasteiger partial charge in [-0.15, -0.1) is 5.10 Å². The molecule has 24 heavy (non-hydrogen) atoms. The first-order valence-electron chi connectivity index (χ1n) is 8.35. The summed E-state index contributed by atoms with van der Waals surface area (Å²) in [5, 5.41) is 19.6. The van der Waals surface area contributed by atoms with Crippen LogP contribution >= 0.6 is 11.3 Å². The smallest absolute Gasteiger partial charge is 0.214 e. The van der Waals surface area contributed by atoms with E-state index >= 15 is 0 Å². The van der Waals surface area contributed by atoms with Crippen molar-refractivity contribution in [1.29, 1.82) is 0 Å². The zero-order chi connectivity index (χ0) is 16.8. The maximum Gasteiger partial charge on any atom is 0.214 e. The van der Waals surface area contributed by atoms with Gasteiger partial charge in [0, 0.05) is 12.1 Å². The second-order valence-electron chi connectivity index (χ2n) is 7.25. The topological polar surface area (TPSA) is 62.5 Å². The number of rotatable bonds is 4. The molecule has 0 amide bonds. The fourth-order valence-electron chi connectivity index (χ4n) is 3.46. The molecule has 1 atom stereocenters. The Bertz CT molecular complexity index is 823. The van der Waals surface area contributed by atoms with E-state index in [-0.39, 0.29) is 5.41 Å². The van der Waals surface area contributed by atoms with E-state index in [0.29, 0.717) is 6.54 Å². The Morgan fingerprint density at radius 3 is 2.71 bits per heavy atom. The lowest BCUT2D eigenvalue weighted by molar-refractivity contribution is -0.0303. The lowest BCUT2D eigenvalue weighted by Crippen LogP contribution is -2.45. The van der Waals surface area contributed by atoms with Crippen LogP contribution in [-0.2, 0) is 0 Å². The second kappa shape index (κ2) is 5.57. The van der Waals surface area contributed by atoms with Gasteiger partial charge < -0.3 is 10.4 Å². The van der Waals surface area contributed by atoms with Gasteiger partial charge in [-0.3, -0.25) is 0 Å². The van der Waals surface area contributed by atoms with Crippen molar-refractivity contribution in [3.8, 4) is 11.3 Å². The van der Waals surface area contributed by atoms with Crippen LogP contribution in [0.1, 0.15) is 33.1 Å². The van der Waals surface area contributed by atoms with Crippen molar-refractivity contribution in [3.63, 3.8) is 0 Å². The van der Waals surface area contributed by atoms with Gasteiger partial charge in [0.05, 0.1) is 17.5 Å². The SMILES string of the molecule is CC1(C)CCCC1(O)CNc1nn2cc(-c3ccccc3)nc2s1. The quantitative estimate of drug-likeness (QED) is 0.757. The third-order valence-electron chi connectivity index (χ3n) is 5.30. The molecule has 4 rings (SSSR count). The normalized spacial score (nSPS) is 23.0. The number of imidazole rings is 1. The Morgan fingerprint density at radius 2 is 2.04 bits per heavy atom. The molecule has 1 aromatic carbocycles. The predicted molar refractivity (Wildman–Crippen MR) is 97.4 cm³/mol. The summed E-state index contributed by atoms with van der Waals surface area (Å²) >= 11 is 1.51. The first kappa shape index (κ1) is 15.6. The molecule has 0 aliphatic heterocycles. The summed E-state index contributed by atoms with van der Waals surface area (Å²) in [5.41, 5.74) is 1.29. The molecular weight excluding hydrogens is 320 g/mol. The Hall–Kier alpha value is -1.92. The molecule has 1 aliphatic rings. The zero-order valence-electron chi connectivity index (χ0n) is 14.0. The molecule has 1 fully saturated rings. The molecule has 0 bridgehead atoms. The molecule has 5 nitrogen and oxygen atoms in total. The fraction of sp³-hybridized carbons (Fsp3) is 0.444. The minimum atomic E-state index is -0.671. The van der Waals surface area contributed by atoms with Gasteiger partial charge in [0.2, 0.25) is 10.1 Å². The number of benzene rings is 1. The Balaban J connectivity index is 1.51. The standard InChI is InChI=1S/C18H22N4OS/c1-17(2)9-6-10-18(17,23)12-19-15-21-22-11-14(20-16(22)24-15)13-7-4-3-5-8-13/h3-5,7-8,11,23H,6,9-10,12H2,1-2H3,(H,19,21). The molecule has 3 aromatic rings. The monoisotopic (exact) mass is 342 g/mol. The molecule has 0 spiro atoms. The molecule has 2 N–H and O–H groups in total. The molecule has 2 aromatic heterocycles. The number of nitrogens with one attached hydrogen (secondary N) is 1. The average Bonchev–Trinajstić information content (AvgIpc) is 3.19. The Morgan fingerprint density at radius 1 is 1.25 bits per heavy atom. The predicted octanol–water partition coefficient (Wildman–Crippen LogP) is 3.81. The molecule has 2 heterocycles. The van der Waals surface area contributed by atoms with Crippen LogP contribution in [0, 0.1) is 5.41 Å². The van der Waals surface area contributed by atoms with E-state index in [1.165, 1.54) is 11.3 Å². The lowest BCUT2D eigenvalue weighted by atomic mass is 9.78. The number of nitrogens with zero attached hydrogens (tertiary/aromatic N) is 3. The first-order chi connectivity index (χ1) is 11.5. The van der Waals surface area contributed by atoms with Gasteiger partial charge in [-0.2, -0.15) is 0 Å². The van der Waals surface area contributed by atoms with E-state index in [1.807, 2.05) is 36.5 Å². The third-order valence-corrected chi connectivity index (χ3v) is 6.18. The van der Waals surface area contributed by atoms with Gasteiger partial charge >= 0.3 is 0 Å². The van der Waals surface area contributed by atoms with Crippen LogP contribution in [0.3, 0.4) is 0 Å². The first-order valence-corrected chi connectivity index (χ1v) is 9.16. The average molecular weight is 342 g/mol. The highest BCUT2D eigenvalue weighted by Gasteiger charge is 2.47. The maximum atomic E-state index is 10.9. The van der Waals surface area contributed by atoms with Gasteiger partial charge in [-0.1, -0.05) is 55.5 Å². The van der Waals surface area contributed by atoms with Crippen molar-refractivity contribution in [2.45, 2.75) is 38.7 Å². The van der Waals surface area contributed by atoms with Crippen molar-refractivity contribution < 1.29 is 5.11 Å². The van der Waals surface area contributed by atoms with E-state index < -0.39 is 5.60 Å². The maximum absolute atomic E-state index is 10.9. The summed E-state index contributed by atoms with van der Waals surface area (Å²) in [6.45, 7) is 4.81. The summed E-state index contributed by atoms with van der Waals surface area (Å²) in [5.74, 6) is 0. The van der Waals surface area contributed by atoms with Gasteiger partial charge in [-0.05, 0) is 24.7 Å². The van der Waals surface area contributed by atoms with Crippen molar-refractivity contribution in [2.75, 3.05) is 11.9 Å². The molecule has 1 saturated carbocycles. The van der Waals surface area contributed by atoms with Crippen molar-refractivity contribution in [3.05, 3.63) is 36.5 Å². The second-order valence-corrected chi connectivity index (χ2v) is 8.21. The van der Waals surface area contributed by atoms with Crippen molar-refractivity contribution in [2.24, 2.45) is 5.41 Å². The van der Waals surface area contributed by atoms with Crippen LogP contribution < -0.4 is 5.32 Å². The highest BCUT2D eigenvalue weighted by molar-refractivity contribution is 7.20. The molecule has 126 valence electrons. The van der Waals surface area contributed by atoms with Crippen molar-refractivity contribution in [1.82, 2.24) is 14.6 Å². The summed E-state index contributed by atoms with van der Waals surface area (Å²) in [6, 6.07) is 10.1. The minimum absolute atomic E-state index is 0.0577. The summed E-state index contributed by atoms with van der Waals surface area (Å²) in [4.78, 5) is 5.50. The number of hydrogen-bond acceptors (Lipinski definition) is 5. The number of anilines is 1.